The molecule has 3 aliphatic carbocycles. The summed E-state index contributed by atoms with van der Waals surface area (Å²) < 4.78 is 0. The van der Waals surface area contributed by atoms with Gasteiger partial charge < -0.3 is 10.4 Å². The first-order valence-electron chi connectivity index (χ1n) is 13.4. The Balaban J connectivity index is 1.33. The van der Waals surface area contributed by atoms with Gasteiger partial charge in [0.2, 0.25) is 5.78 Å². The molecule has 2 aromatic rings. The molecule has 0 radical (unpaired) electrons. The van der Waals surface area contributed by atoms with Crippen molar-refractivity contribution in [1.82, 2.24) is 0 Å². The maximum absolute atomic E-state index is 13.7. The van der Waals surface area contributed by atoms with Crippen LogP contribution < -0.4 is 5.32 Å². The number of para-hydroxylation sites is 2. The second kappa shape index (κ2) is 7.55. The predicted molar refractivity (Wildman–Crippen MR) is 144 cm³/mol. The van der Waals surface area contributed by atoms with Gasteiger partial charge in [0, 0.05) is 22.2 Å². The van der Waals surface area contributed by atoms with Gasteiger partial charge in [-0.1, -0.05) is 62.1 Å². The molecule has 0 aromatic heterocycles. The van der Waals surface area contributed by atoms with Crippen molar-refractivity contribution in [3.63, 3.8) is 0 Å². The van der Waals surface area contributed by atoms with E-state index >= 15 is 0 Å². The molecule has 2 fully saturated rings. The Bertz CT molecular complexity index is 1460. The molecule has 2 heterocycles. The SMILES string of the molecule is C/C(C1=Nc2ccccc2C12CCCC2)=C1\C(=O)C(C(/C)=C2/Nc3ccccc3C23CCCC3)=C1O. The lowest BCUT2D eigenvalue weighted by atomic mass is 9.70. The van der Waals surface area contributed by atoms with Gasteiger partial charge in [0.15, 0.2) is 0 Å². The van der Waals surface area contributed by atoms with Gasteiger partial charge in [0.05, 0.1) is 22.5 Å². The normalized spacial score (nSPS) is 25.6. The molecule has 0 bridgehead atoms. The summed E-state index contributed by atoms with van der Waals surface area (Å²) in [6.07, 6.45) is 8.93. The number of carbonyl (C=O) groups is 1. The summed E-state index contributed by atoms with van der Waals surface area (Å²) in [5.41, 5.74) is 9.31. The first-order chi connectivity index (χ1) is 17.5. The van der Waals surface area contributed by atoms with Gasteiger partial charge in [-0.15, -0.1) is 0 Å². The molecule has 2 saturated carbocycles. The predicted octanol–water partition coefficient (Wildman–Crippen LogP) is 7.51. The molecule has 2 aliphatic heterocycles. The molecule has 0 atom stereocenters. The van der Waals surface area contributed by atoms with Crippen molar-refractivity contribution < 1.29 is 9.90 Å². The zero-order valence-corrected chi connectivity index (χ0v) is 21.1. The lowest BCUT2D eigenvalue weighted by molar-refractivity contribution is -0.113. The average molecular weight is 477 g/mol. The van der Waals surface area contributed by atoms with Crippen molar-refractivity contribution in [2.75, 3.05) is 5.32 Å². The number of rotatable bonds is 2. The first-order valence-corrected chi connectivity index (χ1v) is 13.4. The Morgan fingerprint density at radius 1 is 0.833 bits per heavy atom. The fourth-order valence-corrected chi connectivity index (χ4v) is 7.95. The lowest BCUT2D eigenvalue weighted by Gasteiger charge is -2.32. The van der Waals surface area contributed by atoms with Crippen molar-refractivity contribution in [2.24, 2.45) is 4.99 Å². The number of hydrogen-bond acceptors (Lipinski definition) is 4. The summed E-state index contributed by atoms with van der Waals surface area (Å²) in [7, 11) is 0. The molecule has 2 spiro atoms. The van der Waals surface area contributed by atoms with Crippen molar-refractivity contribution in [3.05, 3.63) is 93.4 Å². The number of aliphatic hydroxyl groups is 1. The van der Waals surface area contributed by atoms with Gasteiger partial charge >= 0.3 is 0 Å². The number of anilines is 1. The Kier molecular flexibility index (Phi) is 4.58. The van der Waals surface area contributed by atoms with Gasteiger partial charge in [-0.2, -0.15) is 0 Å². The van der Waals surface area contributed by atoms with Crippen LogP contribution in [0.1, 0.15) is 76.3 Å². The summed E-state index contributed by atoms with van der Waals surface area (Å²) in [6.45, 7) is 3.99. The molecule has 7 rings (SSSR count). The zero-order chi connectivity index (χ0) is 24.7. The molecule has 36 heavy (non-hydrogen) atoms. The highest BCUT2D eigenvalue weighted by Gasteiger charge is 2.50. The number of nitrogens with one attached hydrogen (secondary N) is 1. The highest BCUT2D eigenvalue weighted by Crippen LogP contribution is 2.56. The number of carbonyl (C=O) groups excluding carboxylic acids is 1. The minimum atomic E-state index is -0.125. The molecule has 4 heteroatoms. The summed E-state index contributed by atoms with van der Waals surface area (Å²) in [5, 5.41) is 15.0. The number of aliphatic hydroxyl groups excluding tert-OH is 1. The van der Waals surface area contributed by atoms with Crippen LogP contribution in [0.4, 0.5) is 11.4 Å². The lowest BCUT2D eigenvalue weighted by Crippen LogP contribution is -2.35. The summed E-state index contributed by atoms with van der Waals surface area (Å²) in [4.78, 5) is 18.8. The Morgan fingerprint density at radius 2 is 1.44 bits per heavy atom. The van der Waals surface area contributed by atoms with Crippen molar-refractivity contribution >= 4 is 22.9 Å². The Hall–Kier alpha value is -3.40. The van der Waals surface area contributed by atoms with Crippen LogP contribution in [-0.4, -0.2) is 16.6 Å². The van der Waals surface area contributed by atoms with Gasteiger partial charge in [-0.3, -0.25) is 9.79 Å². The number of benzene rings is 2. The molecule has 182 valence electrons. The number of ketones is 1. The highest BCUT2D eigenvalue weighted by atomic mass is 16.3. The number of fused-ring (bicyclic) bond motifs is 4. The fourth-order valence-electron chi connectivity index (χ4n) is 7.95. The molecule has 2 aromatic carbocycles. The van der Waals surface area contributed by atoms with E-state index in [1.807, 2.05) is 19.9 Å². The summed E-state index contributed by atoms with van der Waals surface area (Å²) in [5.74, 6) is 0.0907. The largest absolute Gasteiger partial charge is 0.506 e. The van der Waals surface area contributed by atoms with Crippen LogP contribution in [0.15, 0.2) is 87.3 Å². The van der Waals surface area contributed by atoms with Crippen LogP contribution in [0.3, 0.4) is 0 Å². The molecular formula is C32H32N2O2. The number of allylic oxidation sites excluding steroid dienone is 5. The van der Waals surface area contributed by atoms with Gasteiger partial charge in [-0.25, -0.2) is 0 Å². The Morgan fingerprint density at radius 3 is 2.14 bits per heavy atom. The third-order valence-electron chi connectivity index (χ3n) is 9.61. The van der Waals surface area contributed by atoms with E-state index in [9.17, 15) is 9.90 Å². The standard InChI is InChI=1S/C32H32N2O2/c1-19(29-31(15-7-8-16-31)21-11-3-5-13-23(21)33-29)25-27(35)26(28(25)36)20(2)30-32(17-9-10-18-32)22-12-4-6-14-24(22)34-30/h3-6,11-14,33,35H,7-10,15-18H2,1-2H3/b26-20+,29-19+. The van der Waals surface area contributed by atoms with Crippen molar-refractivity contribution in [3.8, 4) is 0 Å². The first kappa shape index (κ1) is 21.8. The smallest absolute Gasteiger partial charge is 0.201 e. The average Bonchev–Trinajstić information content (AvgIpc) is 3.68. The topological polar surface area (TPSA) is 61.7 Å². The van der Waals surface area contributed by atoms with E-state index in [1.54, 1.807) is 0 Å². The second-order valence-electron chi connectivity index (χ2n) is 11.3. The third-order valence-corrected chi connectivity index (χ3v) is 9.61. The second-order valence-corrected chi connectivity index (χ2v) is 11.3. The van der Waals surface area contributed by atoms with Crippen molar-refractivity contribution in [2.45, 2.75) is 76.0 Å². The highest BCUT2D eigenvalue weighted by molar-refractivity contribution is 6.27. The zero-order valence-electron chi connectivity index (χ0n) is 21.1. The fraction of sp³-hybridized carbons (Fsp3) is 0.375. The van der Waals surface area contributed by atoms with E-state index in [-0.39, 0.29) is 22.4 Å². The molecular weight excluding hydrogens is 444 g/mol. The number of hydrogen-bond donors (Lipinski definition) is 2. The van der Waals surface area contributed by atoms with E-state index in [0.29, 0.717) is 11.1 Å². The summed E-state index contributed by atoms with van der Waals surface area (Å²) in [6, 6.07) is 16.9. The molecule has 2 N–H and O–H groups in total. The van der Waals surface area contributed by atoms with Crippen LogP contribution in [0.25, 0.3) is 0 Å². The van der Waals surface area contributed by atoms with Gasteiger partial charge in [0.1, 0.15) is 5.76 Å². The van der Waals surface area contributed by atoms with Crippen LogP contribution in [0.5, 0.6) is 0 Å². The number of nitrogens with zero attached hydrogens (tertiary/aromatic N) is 1. The molecule has 0 unspecified atom stereocenters. The minimum absolute atomic E-state index is 0.0484. The van der Waals surface area contributed by atoms with E-state index in [1.165, 1.54) is 24.0 Å². The van der Waals surface area contributed by atoms with E-state index < -0.39 is 0 Å². The van der Waals surface area contributed by atoms with Crippen LogP contribution in [0, 0.1) is 0 Å². The quantitative estimate of drug-likeness (QED) is 0.441. The van der Waals surface area contributed by atoms with Crippen molar-refractivity contribution in [1.29, 1.82) is 0 Å². The number of aliphatic imine (C=N–C) groups is 1. The van der Waals surface area contributed by atoms with E-state index in [4.69, 9.17) is 4.99 Å². The molecule has 4 nitrogen and oxygen atoms in total. The molecule has 5 aliphatic rings. The molecule has 0 saturated heterocycles. The Labute approximate surface area is 212 Å². The van der Waals surface area contributed by atoms with Crippen LogP contribution in [0.2, 0.25) is 0 Å². The van der Waals surface area contributed by atoms with Crippen LogP contribution in [-0.2, 0) is 15.6 Å². The van der Waals surface area contributed by atoms with Crippen LogP contribution >= 0.6 is 0 Å². The van der Waals surface area contributed by atoms with E-state index in [0.717, 1.165) is 72.5 Å². The summed E-state index contributed by atoms with van der Waals surface area (Å²) >= 11 is 0. The van der Waals surface area contributed by atoms with E-state index in [2.05, 4.69) is 47.8 Å². The van der Waals surface area contributed by atoms with Gasteiger partial charge in [-0.05, 0) is 73.9 Å². The van der Waals surface area contributed by atoms with Gasteiger partial charge in [0.25, 0.3) is 0 Å². The molecule has 0 amide bonds. The number of Topliss-reactive ketones (excluding diaryl/α,β-unsaturated/α-hetero) is 1. The monoisotopic (exact) mass is 476 g/mol. The maximum atomic E-state index is 13.7. The third kappa shape index (κ3) is 2.65. The minimum Gasteiger partial charge on any atom is -0.506 e. The maximum Gasteiger partial charge on any atom is 0.201 e.